The highest BCUT2D eigenvalue weighted by Gasteiger charge is 2.29. The minimum absolute atomic E-state index is 0.00592. The summed E-state index contributed by atoms with van der Waals surface area (Å²) in [5, 5.41) is 14.3. The number of nitrogens with zero attached hydrogens (tertiary/aromatic N) is 3. The smallest absolute Gasteiger partial charge is 0.278 e. The van der Waals surface area contributed by atoms with Gasteiger partial charge in [-0.25, -0.2) is 9.07 Å². The topological polar surface area (TPSA) is 84.4 Å². The first-order valence-corrected chi connectivity index (χ1v) is 7.54. The highest BCUT2D eigenvalue weighted by atomic mass is 19.1. The lowest BCUT2D eigenvalue weighted by atomic mass is 10.1. The third kappa shape index (κ3) is 2.92. The molecule has 1 aliphatic heterocycles. The van der Waals surface area contributed by atoms with Gasteiger partial charge in [0.2, 0.25) is 0 Å². The van der Waals surface area contributed by atoms with Crippen LogP contribution in [0.15, 0.2) is 24.4 Å². The van der Waals surface area contributed by atoms with Gasteiger partial charge in [0.25, 0.3) is 5.91 Å². The molecule has 1 aromatic heterocycles. The number of rotatable bonds is 3. The average Bonchev–Trinajstić information content (AvgIpc) is 3.13. The van der Waals surface area contributed by atoms with Crippen LogP contribution in [0.1, 0.15) is 22.5 Å². The largest absolute Gasteiger partial charge is 0.504 e. The van der Waals surface area contributed by atoms with Crippen molar-refractivity contribution in [3.63, 3.8) is 0 Å². The van der Waals surface area contributed by atoms with E-state index in [1.807, 2.05) is 0 Å². The van der Waals surface area contributed by atoms with Crippen LogP contribution in [0.2, 0.25) is 0 Å². The Kier molecular flexibility index (Phi) is 4.04. The molecule has 1 saturated heterocycles. The first-order valence-electron chi connectivity index (χ1n) is 7.54. The summed E-state index contributed by atoms with van der Waals surface area (Å²) in [7, 11) is 0. The Morgan fingerprint density at radius 3 is 2.96 bits per heavy atom. The van der Waals surface area contributed by atoms with Crippen LogP contribution in [0.25, 0.3) is 5.69 Å². The van der Waals surface area contributed by atoms with Crippen molar-refractivity contribution in [3.8, 4) is 11.4 Å². The van der Waals surface area contributed by atoms with Crippen LogP contribution in [0.5, 0.6) is 5.75 Å². The molecule has 3 rings (SSSR count). The lowest BCUT2D eigenvalue weighted by molar-refractivity contribution is 0.0778. The van der Waals surface area contributed by atoms with Gasteiger partial charge in [0, 0.05) is 13.1 Å². The van der Waals surface area contributed by atoms with Crippen LogP contribution in [0.4, 0.5) is 4.39 Å². The second-order valence-corrected chi connectivity index (χ2v) is 5.88. The molecule has 0 aliphatic carbocycles. The zero-order valence-corrected chi connectivity index (χ0v) is 12.9. The second kappa shape index (κ2) is 6.00. The fourth-order valence-electron chi connectivity index (χ4n) is 2.88. The van der Waals surface area contributed by atoms with Gasteiger partial charge in [-0.05, 0) is 49.6 Å². The number of nitrogens with two attached hydrogens (primary N) is 1. The Morgan fingerprint density at radius 2 is 2.30 bits per heavy atom. The molecule has 6 nitrogen and oxygen atoms in total. The van der Waals surface area contributed by atoms with Crippen molar-refractivity contribution in [1.29, 1.82) is 0 Å². The van der Waals surface area contributed by atoms with E-state index in [0.717, 1.165) is 6.42 Å². The number of aromatic hydroxyl groups is 1. The number of carbonyl (C=O) groups is 1. The Balaban J connectivity index is 1.88. The summed E-state index contributed by atoms with van der Waals surface area (Å²) in [5.41, 5.74) is 6.92. The predicted octanol–water partition coefficient (Wildman–Crippen LogP) is 1.45. The highest BCUT2D eigenvalue weighted by Crippen LogP contribution is 2.24. The maximum atomic E-state index is 13.2. The maximum Gasteiger partial charge on any atom is 0.278 e. The molecule has 122 valence electrons. The minimum atomic E-state index is -0.344. The van der Waals surface area contributed by atoms with Crippen molar-refractivity contribution >= 4 is 5.91 Å². The van der Waals surface area contributed by atoms with E-state index in [2.05, 4.69) is 5.10 Å². The van der Waals surface area contributed by atoms with Gasteiger partial charge >= 0.3 is 0 Å². The van der Waals surface area contributed by atoms with E-state index in [1.54, 1.807) is 17.9 Å². The van der Waals surface area contributed by atoms with Crippen LogP contribution in [0, 0.1) is 18.7 Å². The molecular formula is C16H19FN4O2. The zero-order chi connectivity index (χ0) is 16.6. The molecule has 0 spiro atoms. The minimum Gasteiger partial charge on any atom is -0.504 e. The number of aryl methyl sites for hydroxylation is 1. The number of aromatic nitrogens is 2. The summed E-state index contributed by atoms with van der Waals surface area (Å²) < 4.78 is 14.6. The van der Waals surface area contributed by atoms with Crippen LogP contribution in [-0.4, -0.2) is 45.3 Å². The quantitative estimate of drug-likeness (QED) is 0.897. The molecule has 0 bridgehead atoms. The van der Waals surface area contributed by atoms with Crippen molar-refractivity contribution in [3.05, 3.63) is 41.5 Å². The third-order valence-corrected chi connectivity index (χ3v) is 4.21. The molecule has 23 heavy (non-hydrogen) atoms. The third-order valence-electron chi connectivity index (χ3n) is 4.21. The van der Waals surface area contributed by atoms with Gasteiger partial charge in [-0.2, -0.15) is 5.10 Å². The SMILES string of the molecule is Cc1cc(F)ccc1-n1cc(O)c(C(=O)N2CCC(CN)C2)n1. The fourth-order valence-corrected chi connectivity index (χ4v) is 2.88. The summed E-state index contributed by atoms with van der Waals surface area (Å²) >= 11 is 0. The van der Waals surface area contributed by atoms with Gasteiger partial charge in [0.1, 0.15) is 5.82 Å². The normalized spacial score (nSPS) is 17.7. The van der Waals surface area contributed by atoms with Gasteiger partial charge in [-0.3, -0.25) is 4.79 Å². The first kappa shape index (κ1) is 15.5. The molecule has 7 heteroatoms. The number of carbonyl (C=O) groups excluding carboxylic acids is 1. The number of hydrogen-bond acceptors (Lipinski definition) is 4. The van der Waals surface area contributed by atoms with Crippen molar-refractivity contribution in [2.24, 2.45) is 11.7 Å². The van der Waals surface area contributed by atoms with E-state index < -0.39 is 0 Å². The first-order chi connectivity index (χ1) is 11.0. The van der Waals surface area contributed by atoms with Gasteiger partial charge in [0.05, 0.1) is 11.9 Å². The van der Waals surface area contributed by atoms with E-state index in [1.165, 1.54) is 23.0 Å². The van der Waals surface area contributed by atoms with Gasteiger partial charge in [-0.15, -0.1) is 0 Å². The zero-order valence-electron chi connectivity index (χ0n) is 12.9. The van der Waals surface area contributed by atoms with E-state index in [4.69, 9.17) is 5.73 Å². The molecular weight excluding hydrogens is 299 g/mol. The second-order valence-electron chi connectivity index (χ2n) is 5.88. The van der Waals surface area contributed by atoms with Gasteiger partial charge < -0.3 is 15.7 Å². The molecule has 1 aliphatic rings. The standard InChI is InChI=1S/C16H19FN4O2/c1-10-6-12(17)2-3-13(10)21-9-14(22)15(19-21)16(23)20-5-4-11(7-18)8-20/h2-3,6,9,11,22H,4-5,7-8,18H2,1H3. The van der Waals surface area contributed by atoms with E-state index in [0.29, 0.717) is 36.8 Å². The molecule has 0 radical (unpaired) electrons. The Bertz CT molecular complexity index is 744. The molecule has 3 N–H and O–H groups in total. The van der Waals surface area contributed by atoms with Crippen molar-refractivity contribution < 1.29 is 14.3 Å². The summed E-state index contributed by atoms with van der Waals surface area (Å²) in [6.07, 6.45) is 2.23. The highest BCUT2D eigenvalue weighted by molar-refractivity contribution is 5.95. The van der Waals surface area contributed by atoms with Gasteiger partial charge in [0.15, 0.2) is 11.4 Å². The molecule has 1 unspecified atom stereocenters. The average molecular weight is 318 g/mol. The summed E-state index contributed by atoms with van der Waals surface area (Å²) in [4.78, 5) is 14.2. The fraction of sp³-hybridized carbons (Fsp3) is 0.375. The summed E-state index contributed by atoms with van der Waals surface area (Å²) in [6.45, 7) is 3.48. The molecule has 0 saturated carbocycles. The van der Waals surface area contributed by atoms with E-state index >= 15 is 0 Å². The molecule has 2 heterocycles. The Hall–Kier alpha value is -2.41. The maximum absolute atomic E-state index is 13.2. The Labute approximate surface area is 133 Å². The number of halogens is 1. The number of likely N-dealkylation sites (tertiary alicyclic amines) is 1. The molecule has 2 aromatic rings. The lowest BCUT2D eigenvalue weighted by Gasteiger charge is -2.14. The number of hydrogen-bond donors (Lipinski definition) is 2. The predicted molar refractivity (Wildman–Crippen MR) is 83.0 cm³/mol. The van der Waals surface area contributed by atoms with Gasteiger partial charge in [-0.1, -0.05) is 0 Å². The molecule has 1 aromatic carbocycles. The lowest BCUT2D eigenvalue weighted by Crippen LogP contribution is -2.30. The van der Waals surface area contributed by atoms with Crippen LogP contribution in [-0.2, 0) is 0 Å². The molecule has 1 amide bonds. The van der Waals surface area contributed by atoms with E-state index in [9.17, 15) is 14.3 Å². The van der Waals surface area contributed by atoms with Crippen molar-refractivity contribution in [2.75, 3.05) is 19.6 Å². The molecule has 1 atom stereocenters. The van der Waals surface area contributed by atoms with Crippen molar-refractivity contribution in [2.45, 2.75) is 13.3 Å². The number of benzene rings is 1. The van der Waals surface area contributed by atoms with Crippen LogP contribution in [0.3, 0.4) is 0 Å². The summed E-state index contributed by atoms with van der Waals surface area (Å²) in [6, 6.07) is 4.25. The van der Waals surface area contributed by atoms with Crippen LogP contribution < -0.4 is 5.73 Å². The van der Waals surface area contributed by atoms with Crippen molar-refractivity contribution in [1.82, 2.24) is 14.7 Å². The monoisotopic (exact) mass is 318 g/mol. The Morgan fingerprint density at radius 1 is 1.52 bits per heavy atom. The van der Waals surface area contributed by atoms with E-state index in [-0.39, 0.29) is 23.2 Å². The number of amides is 1. The summed E-state index contributed by atoms with van der Waals surface area (Å²) in [5.74, 6) is -0.543. The molecule has 1 fully saturated rings. The van der Waals surface area contributed by atoms with Crippen LogP contribution >= 0.6 is 0 Å².